The molecule has 0 amide bonds. The maximum Gasteiger partial charge on any atom is 0.301 e. The highest BCUT2D eigenvalue weighted by Crippen LogP contribution is 2.41. The SMILES string of the molecule is CC(C)(C)[Si](C)(C)O[C@@H]1CO[C@H]2[C@@H]1OC[C@H]2Oc1nc2cc(F)c(-c3c(F)cc(-c4ccc(N=S(C)(C)=O)cc4)cc3F)nc2n1COCC[Si](C)(C)C. The van der Waals surface area contributed by atoms with Crippen LogP contribution < -0.4 is 4.74 Å². The number of aromatic nitrogens is 3. The Morgan fingerprint density at radius 2 is 1.50 bits per heavy atom. The Hall–Kier alpha value is -3.13. The molecule has 0 saturated carbocycles. The number of halogens is 3. The summed E-state index contributed by atoms with van der Waals surface area (Å²) in [5.74, 6) is -2.94. The minimum Gasteiger partial charge on any atom is -0.456 e. The average molecular weight is 805 g/mol. The molecule has 2 aliphatic rings. The fourth-order valence-corrected chi connectivity index (χ4v) is 8.88. The van der Waals surface area contributed by atoms with E-state index in [1.165, 1.54) is 12.5 Å². The van der Waals surface area contributed by atoms with Gasteiger partial charge in [-0.1, -0.05) is 52.5 Å². The largest absolute Gasteiger partial charge is 0.456 e. The van der Waals surface area contributed by atoms with Crippen molar-refractivity contribution in [1.82, 2.24) is 14.5 Å². The molecule has 4 heterocycles. The third-order valence-corrected chi connectivity index (χ3v) is 17.0. The molecule has 0 aliphatic carbocycles. The van der Waals surface area contributed by atoms with Gasteiger partial charge in [-0.2, -0.15) is 9.35 Å². The molecule has 2 aromatic carbocycles. The van der Waals surface area contributed by atoms with Crippen LogP contribution >= 0.6 is 0 Å². The van der Waals surface area contributed by atoms with Gasteiger partial charge in [0.2, 0.25) is 0 Å². The number of fused-ring (bicyclic) bond motifs is 2. The predicted molar refractivity (Wildman–Crippen MR) is 210 cm³/mol. The molecule has 16 heteroatoms. The van der Waals surface area contributed by atoms with Crippen molar-refractivity contribution in [3.8, 4) is 28.4 Å². The zero-order chi connectivity index (χ0) is 39.4. The quantitative estimate of drug-likeness (QED) is 0.103. The van der Waals surface area contributed by atoms with Crippen LogP contribution in [0.4, 0.5) is 18.9 Å². The van der Waals surface area contributed by atoms with Crippen molar-refractivity contribution in [2.24, 2.45) is 4.36 Å². The van der Waals surface area contributed by atoms with Crippen LogP contribution in [-0.4, -0.2) is 91.9 Å². The second-order valence-corrected chi connectivity index (χ2v) is 30.1. The zero-order valence-electron chi connectivity index (χ0n) is 32.7. The highest BCUT2D eigenvalue weighted by molar-refractivity contribution is 7.92. The summed E-state index contributed by atoms with van der Waals surface area (Å²) in [6.45, 7) is 18.7. The van der Waals surface area contributed by atoms with Gasteiger partial charge in [-0.05, 0) is 59.6 Å². The van der Waals surface area contributed by atoms with E-state index in [1.807, 2.05) is 0 Å². The average Bonchev–Trinajstić information content (AvgIpc) is 3.72. The maximum atomic E-state index is 15.8. The first-order valence-corrected chi connectivity index (χ1v) is 27.0. The second kappa shape index (κ2) is 15.1. The Bertz CT molecular complexity index is 2110. The number of hydrogen-bond donors (Lipinski definition) is 0. The molecule has 2 aromatic heterocycles. The molecule has 4 aromatic rings. The Labute approximate surface area is 318 Å². The maximum absolute atomic E-state index is 15.8. The molecule has 2 fully saturated rings. The predicted octanol–water partition coefficient (Wildman–Crippen LogP) is 8.79. The first-order chi connectivity index (χ1) is 25.1. The van der Waals surface area contributed by atoms with E-state index in [0.717, 1.165) is 24.2 Å². The minimum absolute atomic E-state index is 0.00981. The summed E-state index contributed by atoms with van der Waals surface area (Å²) < 4.78 is 96.7. The van der Waals surface area contributed by atoms with Crippen molar-refractivity contribution in [2.45, 2.75) is 95.7 Å². The summed E-state index contributed by atoms with van der Waals surface area (Å²) in [6.07, 6.45) is 1.49. The summed E-state index contributed by atoms with van der Waals surface area (Å²) in [7, 11) is -5.92. The fraction of sp³-hybridized carbons (Fsp3) is 0.526. The number of nitrogens with zero attached hydrogens (tertiary/aromatic N) is 4. The summed E-state index contributed by atoms with van der Waals surface area (Å²) >= 11 is 0. The number of rotatable bonds is 12. The Morgan fingerprint density at radius 1 is 0.889 bits per heavy atom. The molecule has 0 radical (unpaired) electrons. The Kier molecular flexibility index (Phi) is 11.3. The van der Waals surface area contributed by atoms with E-state index >= 15 is 13.2 Å². The normalized spacial score (nSPS) is 20.8. The molecule has 0 spiro atoms. The molecule has 294 valence electrons. The van der Waals surface area contributed by atoms with Crippen LogP contribution in [0.1, 0.15) is 20.8 Å². The number of hydrogen-bond acceptors (Lipinski definition) is 9. The highest BCUT2D eigenvalue weighted by atomic mass is 32.2. The van der Waals surface area contributed by atoms with Crippen molar-refractivity contribution in [2.75, 3.05) is 32.3 Å². The van der Waals surface area contributed by atoms with Gasteiger partial charge in [0.05, 0.1) is 30.6 Å². The van der Waals surface area contributed by atoms with Gasteiger partial charge in [0.15, 0.2) is 25.9 Å². The second-order valence-electron chi connectivity index (χ2n) is 17.1. The van der Waals surface area contributed by atoms with Gasteiger partial charge in [0.1, 0.15) is 41.8 Å². The number of imidazole rings is 1. The molecule has 6 rings (SSSR count). The summed E-state index contributed by atoms with van der Waals surface area (Å²) in [4.78, 5) is 9.03. The molecule has 4 atom stereocenters. The lowest BCUT2D eigenvalue weighted by Crippen LogP contribution is -2.47. The zero-order valence-corrected chi connectivity index (χ0v) is 35.5. The van der Waals surface area contributed by atoms with Gasteiger partial charge in [0.25, 0.3) is 0 Å². The van der Waals surface area contributed by atoms with Gasteiger partial charge in [-0.25, -0.2) is 22.4 Å². The lowest BCUT2D eigenvalue weighted by atomic mass is 10.0. The van der Waals surface area contributed by atoms with E-state index in [1.54, 1.807) is 28.8 Å². The van der Waals surface area contributed by atoms with Gasteiger partial charge in [-0.15, -0.1) is 0 Å². The lowest BCUT2D eigenvalue weighted by Gasteiger charge is -2.39. The molecule has 0 unspecified atom stereocenters. The van der Waals surface area contributed by atoms with E-state index in [0.29, 0.717) is 24.5 Å². The van der Waals surface area contributed by atoms with Gasteiger partial charge < -0.3 is 23.4 Å². The van der Waals surface area contributed by atoms with E-state index in [4.69, 9.17) is 23.4 Å². The molecular formula is C38H51F3N4O6SSi2. The standard InChI is InChI=1S/C38H51F3N4O6SSi2/c1-38(2,3)54(9,10)51-31-21-49-34-30(20-48-35(31)34)50-37-42-29-19-28(41)33(43-36(29)45(37)22-47-15-16-53(6,7)8)32-26(39)17-24(18-27(32)40)23-11-13-25(14-12-23)44-52(4,5)46/h11-14,17-19,30-31,34-35H,15-16,20-22H2,1-10H3/t30-,31-,34-,35-/m1/s1. The molecular weight excluding hydrogens is 754 g/mol. The van der Waals surface area contributed by atoms with Crippen molar-refractivity contribution >= 4 is 43.0 Å². The summed E-state index contributed by atoms with van der Waals surface area (Å²) in [6, 6.07) is 10.8. The van der Waals surface area contributed by atoms with Crippen molar-refractivity contribution in [1.29, 1.82) is 0 Å². The van der Waals surface area contributed by atoms with Crippen LogP contribution in [0.2, 0.25) is 43.8 Å². The van der Waals surface area contributed by atoms with Crippen molar-refractivity contribution in [3.05, 3.63) is 59.9 Å². The summed E-state index contributed by atoms with van der Waals surface area (Å²) in [5, 5.41) is 0.00981. The molecule has 2 saturated heterocycles. The van der Waals surface area contributed by atoms with E-state index in [9.17, 15) is 4.21 Å². The Morgan fingerprint density at radius 3 is 2.09 bits per heavy atom. The monoisotopic (exact) mass is 804 g/mol. The first-order valence-electron chi connectivity index (χ1n) is 18.1. The van der Waals surface area contributed by atoms with Crippen molar-refractivity contribution < 1.29 is 40.8 Å². The van der Waals surface area contributed by atoms with Gasteiger partial charge in [0, 0.05) is 43.0 Å². The lowest BCUT2D eigenvalue weighted by molar-refractivity contribution is 0.00687. The van der Waals surface area contributed by atoms with Crippen LogP contribution in [0.5, 0.6) is 6.01 Å². The van der Waals surface area contributed by atoms with Gasteiger partial charge >= 0.3 is 6.01 Å². The van der Waals surface area contributed by atoms with E-state index < -0.39 is 67.0 Å². The molecule has 0 N–H and O–H groups in total. The van der Waals surface area contributed by atoms with Gasteiger partial charge in [-0.3, -0.25) is 4.57 Å². The number of pyridine rings is 1. The number of benzene rings is 2. The van der Waals surface area contributed by atoms with Crippen molar-refractivity contribution in [3.63, 3.8) is 0 Å². The van der Waals surface area contributed by atoms with Crippen LogP contribution in [0.25, 0.3) is 33.5 Å². The molecule has 2 aliphatic heterocycles. The third-order valence-electron chi connectivity index (χ3n) is 10.1. The van der Waals surface area contributed by atoms with E-state index in [2.05, 4.69) is 67.8 Å². The molecule has 10 nitrogen and oxygen atoms in total. The topological polar surface area (TPSA) is 106 Å². The fourth-order valence-electron chi connectivity index (χ4n) is 6.18. The number of ether oxygens (including phenoxy) is 4. The molecule has 0 bridgehead atoms. The summed E-state index contributed by atoms with van der Waals surface area (Å²) in [5.41, 5.74) is 0.355. The van der Waals surface area contributed by atoms with Crippen LogP contribution in [0.15, 0.2) is 46.8 Å². The third kappa shape index (κ3) is 8.95. The molecule has 54 heavy (non-hydrogen) atoms. The smallest absolute Gasteiger partial charge is 0.301 e. The first kappa shape index (κ1) is 40.5. The van der Waals surface area contributed by atoms with Crippen LogP contribution in [0, 0.1) is 17.5 Å². The van der Waals surface area contributed by atoms with E-state index in [-0.39, 0.29) is 53.3 Å². The Balaban J connectivity index is 1.31. The van der Waals surface area contributed by atoms with Crippen LogP contribution in [-0.2, 0) is 35.1 Å². The van der Waals surface area contributed by atoms with Crippen LogP contribution in [0.3, 0.4) is 0 Å². The highest BCUT2D eigenvalue weighted by Gasteiger charge is 2.52. The minimum atomic E-state index is -2.38.